The highest BCUT2D eigenvalue weighted by Gasteiger charge is 2.24. The maximum atomic E-state index is 12.7. The highest BCUT2D eigenvalue weighted by Crippen LogP contribution is 2.14. The minimum Gasteiger partial charge on any atom is -0.445 e. The van der Waals surface area contributed by atoms with Gasteiger partial charge in [-0.05, 0) is 31.0 Å². The van der Waals surface area contributed by atoms with Crippen LogP contribution in [-0.2, 0) is 22.1 Å². The maximum Gasteiger partial charge on any atom is 0.407 e. The standard InChI is InChI=1S/C25H35NO4S/c1-3-4-5-6-10-13-23(26-25(28)30-18-21-11-8-7-9-12-21)24(27)19-31(29)22-16-14-20(2)15-17-22/h7-9,11-12,14-17,23-24,27H,3-6,10,13,18-19H2,1-2H3,(H,26,28)/t23-,24-,31?/m1/s1. The van der Waals surface area contributed by atoms with Crippen LogP contribution in [0.3, 0.4) is 0 Å². The number of carbonyl (C=O) groups excluding carboxylic acids is 1. The van der Waals surface area contributed by atoms with Crippen LogP contribution in [0.2, 0.25) is 0 Å². The number of carbonyl (C=O) groups is 1. The molecule has 0 saturated heterocycles. The number of hydrogen-bond acceptors (Lipinski definition) is 4. The molecule has 2 N–H and O–H groups in total. The van der Waals surface area contributed by atoms with Crippen molar-refractivity contribution in [2.75, 3.05) is 5.75 Å². The Balaban J connectivity index is 1.92. The molecule has 0 fully saturated rings. The van der Waals surface area contributed by atoms with E-state index in [2.05, 4.69) is 12.2 Å². The van der Waals surface area contributed by atoms with Crippen molar-refractivity contribution < 1.29 is 18.8 Å². The number of hydrogen-bond donors (Lipinski definition) is 2. The fraction of sp³-hybridized carbons (Fsp3) is 0.480. The van der Waals surface area contributed by atoms with Gasteiger partial charge in [-0.1, -0.05) is 87.1 Å². The van der Waals surface area contributed by atoms with Crippen molar-refractivity contribution >= 4 is 16.9 Å². The van der Waals surface area contributed by atoms with E-state index in [-0.39, 0.29) is 12.4 Å². The van der Waals surface area contributed by atoms with Gasteiger partial charge in [0.15, 0.2) is 0 Å². The molecule has 1 unspecified atom stereocenters. The molecule has 0 aliphatic carbocycles. The number of unbranched alkanes of at least 4 members (excludes halogenated alkanes) is 4. The Morgan fingerprint density at radius 2 is 1.71 bits per heavy atom. The molecule has 0 aliphatic heterocycles. The number of ether oxygens (including phenoxy) is 1. The van der Waals surface area contributed by atoms with Gasteiger partial charge in [0, 0.05) is 4.90 Å². The smallest absolute Gasteiger partial charge is 0.407 e. The molecule has 0 heterocycles. The van der Waals surface area contributed by atoms with E-state index in [0.717, 1.165) is 36.8 Å². The lowest BCUT2D eigenvalue weighted by atomic mass is 10.0. The zero-order valence-corrected chi connectivity index (χ0v) is 19.4. The third-order valence-electron chi connectivity index (χ3n) is 5.21. The number of alkyl carbamates (subject to hydrolysis) is 1. The number of rotatable bonds is 13. The molecule has 5 nitrogen and oxygen atoms in total. The highest BCUT2D eigenvalue weighted by atomic mass is 32.2. The van der Waals surface area contributed by atoms with Gasteiger partial charge in [-0.25, -0.2) is 4.79 Å². The van der Waals surface area contributed by atoms with Gasteiger partial charge in [-0.3, -0.25) is 4.21 Å². The van der Waals surface area contributed by atoms with Gasteiger partial charge in [0.25, 0.3) is 0 Å². The van der Waals surface area contributed by atoms with Crippen molar-refractivity contribution in [1.29, 1.82) is 0 Å². The molecule has 0 aliphatic rings. The van der Waals surface area contributed by atoms with E-state index in [1.165, 1.54) is 6.42 Å². The van der Waals surface area contributed by atoms with Gasteiger partial charge in [-0.15, -0.1) is 0 Å². The lowest BCUT2D eigenvalue weighted by Crippen LogP contribution is -2.45. The van der Waals surface area contributed by atoms with E-state index < -0.39 is 29.0 Å². The van der Waals surface area contributed by atoms with Gasteiger partial charge >= 0.3 is 6.09 Å². The average molecular weight is 446 g/mol. The molecule has 6 heteroatoms. The van der Waals surface area contributed by atoms with Crippen LogP contribution in [0.15, 0.2) is 59.5 Å². The lowest BCUT2D eigenvalue weighted by Gasteiger charge is -2.24. The van der Waals surface area contributed by atoms with Crippen molar-refractivity contribution in [2.45, 2.75) is 76.0 Å². The number of aliphatic hydroxyl groups excluding tert-OH is 1. The first-order valence-corrected chi connectivity index (χ1v) is 12.4. The summed E-state index contributed by atoms with van der Waals surface area (Å²) in [5.41, 5.74) is 1.99. The van der Waals surface area contributed by atoms with Crippen LogP contribution in [0, 0.1) is 6.92 Å². The van der Waals surface area contributed by atoms with Crippen LogP contribution in [-0.4, -0.2) is 33.3 Å². The molecule has 2 aromatic rings. The minimum atomic E-state index is -1.34. The summed E-state index contributed by atoms with van der Waals surface area (Å²) < 4.78 is 18.0. The molecule has 2 aromatic carbocycles. The number of aryl methyl sites for hydroxylation is 1. The van der Waals surface area contributed by atoms with Gasteiger partial charge in [0.05, 0.1) is 28.7 Å². The first-order valence-electron chi connectivity index (χ1n) is 11.1. The second kappa shape index (κ2) is 14.0. The van der Waals surface area contributed by atoms with Crippen LogP contribution in [0.25, 0.3) is 0 Å². The quantitative estimate of drug-likeness (QED) is 0.420. The molecule has 2 rings (SSSR count). The summed E-state index contributed by atoms with van der Waals surface area (Å²) in [5.74, 6) is 0.0711. The Labute approximate surface area is 188 Å². The zero-order chi connectivity index (χ0) is 22.5. The second-order valence-electron chi connectivity index (χ2n) is 7.91. The Hall–Kier alpha value is -2.18. The van der Waals surface area contributed by atoms with Gasteiger partial charge < -0.3 is 15.2 Å². The number of nitrogens with one attached hydrogen (secondary N) is 1. The molecule has 1 amide bonds. The molecule has 0 spiro atoms. The van der Waals surface area contributed by atoms with Crippen LogP contribution in [0.4, 0.5) is 4.79 Å². The SMILES string of the molecule is CCCCCCC[C@@H](NC(=O)OCc1ccccc1)[C@H](O)CS(=O)c1ccc(C)cc1. The third kappa shape index (κ3) is 9.66. The van der Waals surface area contributed by atoms with Crippen molar-refractivity contribution in [3.05, 3.63) is 65.7 Å². The Kier molecular flexibility index (Phi) is 11.3. The van der Waals surface area contributed by atoms with Crippen molar-refractivity contribution in [3.8, 4) is 0 Å². The third-order valence-corrected chi connectivity index (χ3v) is 6.65. The molecular weight excluding hydrogens is 410 g/mol. The Morgan fingerprint density at radius 1 is 1.03 bits per heavy atom. The summed E-state index contributed by atoms with van der Waals surface area (Å²) in [6, 6.07) is 16.4. The first-order chi connectivity index (χ1) is 15.0. The predicted octanol–water partition coefficient (Wildman–Crippen LogP) is 5.12. The van der Waals surface area contributed by atoms with Gasteiger partial charge in [-0.2, -0.15) is 0 Å². The van der Waals surface area contributed by atoms with Gasteiger partial charge in [0.2, 0.25) is 0 Å². The Bertz CT molecular complexity index is 795. The molecule has 31 heavy (non-hydrogen) atoms. The molecule has 3 atom stereocenters. The van der Waals surface area contributed by atoms with Crippen LogP contribution < -0.4 is 5.32 Å². The summed E-state index contributed by atoms with van der Waals surface area (Å²) >= 11 is 0. The summed E-state index contributed by atoms with van der Waals surface area (Å²) in [7, 11) is -1.34. The van der Waals surface area contributed by atoms with E-state index in [0.29, 0.717) is 11.3 Å². The van der Waals surface area contributed by atoms with Gasteiger partial charge in [0.1, 0.15) is 6.61 Å². The van der Waals surface area contributed by atoms with Crippen molar-refractivity contribution in [1.82, 2.24) is 5.32 Å². The van der Waals surface area contributed by atoms with E-state index in [4.69, 9.17) is 4.74 Å². The fourth-order valence-electron chi connectivity index (χ4n) is 3.30. The van der Waals surface area contributed by atoms with Crippen LogP contribution >= 0.6 is 0 Å². The summed E-state index contributed by atoms with van der Waals surface area (Å²) in [6.07, 6.45) is 4.53. The summed E-state index contributed by atoms with van der Waals surface area (Å²) in [5, 5.41) is 13.6. The minimum absolute atomic E-state index is 0.0711. The van der Waals surface area contributed by atoms with E-state index in [1.54, 1.807) is 0 Å². The maximum absolute atomic E-state index is 12.7. The van der Waals surface area contributed by atoms with Crippen molar-refractivity contribution in [3.63, 3.8) is 0 Å². The zero-order valence-electron chi connectivity index (χ0n) is 18.6. The molecule has 0 radical (unpaired) electrons. The molecule has 0 bridgehead atoms. The lowest BCUT2D eigenvalue weighted by molar-refractivity contribution is 0.107. The first kappa shape index (κ1) is 25.1. The second-order valence-corrected chi connectivity index (χ2v) is 9.40. The number of aliphatic hydroxyl groups is 1. The van der Waals surface area contributed by atoms with E-state index in [9.17, 15) is 14.1 Å². The predicted molar refractivity (Wildman–Crippen MR) is 125 cm³/mol. The molecule has 0 aromatic heterocycles. The monoisotopic (exact) mass is 445 g/mol. The average Bonchev–Trinajstić information content (AvgIpc) is 2.77. The van der Waals surface area contributed by atoms with Crippen molar-refractivity contribution in [2.24, 2.45) is 0 Å². The molecule has 170 valence electrons. The number of amides is 1. The van der Waals surface area contributed by atoms with E-state index >= 15 is 0 Å². The Morgan fingerprint density at radius 3 is 2.39 bits per heavy atom. The fourth-order valence-corrected chi connectivity index (χ4v) is 4.48. The summed E-state index contributed by atoms with van der Waals surface area (Å²) in [4.78, 5) is 13.0. The normalized spacial score (nSPS) is 13.9. The van der Waals surface area contributed by atoms with E-state index in [1.807, 2.05) is 61.5 Å². The number of benzene rings is 2. The molecule has 0 saturated carbocycles. The van der Waals surface area contributed by atoms with Crippen LogP contribution in [0.1, 0.15) is 56.6 Å². The van der Waals surface area contributed by atoms with Crippen LogP contribution in [0.5, 0.6) is 0 Å². The topological polar surface area (TPSA) is 75.6 Å². The largest absolute Gasteiger partial charge is 0.445 e. The summed E-state index contributed by atoms with van der Waals surface area (Å²) in [6.45, 7) is 4.31. The highest BCUT2D eigenvalue weighted by molar-refractivity contribution is 7.85. The molecular formula is C25H35NO4S.